The molecule has 0 radical (unpaired) electrons. The van der Waals surface area contributed by atoms with Crippen LogP contribution >= 0.6 is 0 Å². The molecular formula is C16H19F2N. The molecule has 102 valence electrons. The lowest BCUT2D eigenvalue weighted by molar-refractivity contribution is 0.0341. The maximum absolute atomic E-state index is 14.1. The summed E-state index contributed by atoms with van der Waals surface area (Å²) in [5.41, 5.74) is 1.77. The van der Waals surface area contributed by atoms with Crippen LogP contribution in [0.5, 0.6) is 0 Å². The van der Waals surface area contributed by atoms with Crippen LogP contribution in [0.3, 0.4) is 0 Å². The van der Waals surface area contributed by atoms with Crippen LogP contribution in [-0.4, -0.2) is 24.0 Å². The molecule has 3 atom stereocenters. The maximum atomic E-state index is 14.1. The van der Waals surface area contributed by atoms with Crippen molar-refractivity contribution < 1.29 is 8.78 Å². The molecule has 0 spiro atoms. The predicted molar refractivity (Wildman–Crippen MR) is 70.1 cm³/mol. The third kappa shape index (κ3) is 1.67. The van der Waals surface area contributed by atoms with Crippen molar-refractivity contribution in [1.82, 2.24) is 4.90 Å². The first-order chi connectivity index (χ1) is 9.25. The number of piperidine rings is 2. The van der Waals surface area contributed by atoms with E-state index in [1.165, 1.54) is 38.4 Å². The topological polar surface area (TPSA) is 3.24 Å². The summed E-state index contributed by atoms with van der Waals surface area (Å²) in [7, 11) is 0. The Labute approximate surface area is 112 Å². The number of fused-ring (bicyclic) bond motifs is 2. The molecule has 0 bridgehead atoms. The highest BCUT2D eigenvalue weighted by Gasteiger charge is 2.44. The van der Waals surface area contributed by atoms with Crippen LogP contribution in [-0.2, 0) is 6.42 Å². The molecular weight excluding hydrogens is 244 g/mol. The Bertz CT molecular complexity index is 512. The predicted octanol–water partition coefficient (Wildman–Crippen LogP) is 3.48. The Kier molecular flexibility index (Phi) is 2.66. The van der Waals surface area contributed by atoms with Gasteiger partial charge in [-0.1, -0.05) is 6.07 Å². The third-order valence-electron chi connectivity index (χ3n) is 5.40. The summed E-state index contributed by atoms with van der Waals surface area (Å²) >= 11 is 0. The maximum Gasteiger partial charge on any atom is 0.162 e. The largest absolute Gasteiger partial charge is 0.299 e. The fourth-order valence-corrected chi connectivity index (χ4v) is 4.69. The molecule has 1 aliphatic carbocycles. The van der Waals surface area contributed by atoms with E-state index in [2.05, 4.69) is 4.90 Å². The van der Waals surface area contributed by atoms with Crippen LogP contribution in [0.25, 0.3) is 0 Å². The Morgan fingerprint density at radius 2 is 1.84 bits per heavy atom. The number of nitrogens with zero attached hydrogens (tertiary/aromatic N) is 1. The molecule has 1 nitrogen and oxygen atoms in total. The van der Waals surface area contributed by atoms with E-state index in [0.717, 1.165) is 18.4 Å². The van der Waals surface area contributed by atoms with Crippen molar-refractivity contribution in [2.45, 2.75) is 44.1 Å². The number of hydrogen-bond donors (Lipinski definition) is 0. The first-order valence-corrected chi connectivity index (χ1v) is 7.46. The summed E-state index contributed by atoms with van der Waals surface area (Å²) < 4.78 is 27.5. The van der Waals surface area contributed by atoms with E-state index in [4.69, 9.17) is 0 Å². The lowest BCUT2D eigenvalue weighted by Gasteiger charge is -2.52. The first-order valence-electron chi connectivity index (χ1n) is 7.46. The molecule has 2 saturated heterocycles. The third-order valence-corrected chi connectivity index (χ3v) is 5.40. The summed E-state index contributed by atoms with van der Waals surface area (Å²) in [5, 5.41) is 0. The van der Waals surface area contributed by atoms with Crippen LogP contribution in [0, 0.1) is 17.6 Å². The Morgan fingerprint density at radius 1 is 1.05 bits per heavy atom. The van der Waals surface area contributed by atoms with Gasteiger partial charge in [0.1, 0.15) is 0 Å². The molecule has 2 heterocycles. The first kappa shape index (κ1) is 11.8. The molecule has 19 heavy (non-hydrogen) atoms. The second-order valence-electron chi connectivity index (χ2n) is 6.31. The molecule has 1 aromatic rings. The van der Waals surface area contributed by atoms with Crippen molar-refractivity contribution >= 4 is 0 Å². The minimum Gasteiger partial charge on any atom is -0.299 e. The van der Waals surface area contributed by atoms with E-state index in [0.29, 0.717) is 23.4 Å². The van der Waals surface area contributed by atoms with Gasteiger partial charge in [-0.3, -0.25) is 4.90 Å². The van der Waals surface area contributed by atoms with E-state index in [-0.39, 0.29) is 0 Å². The van der Waals surface area contributed by atoms with Crippen molar-refractivity contribution in [1.29, 1.82) is 0 Å². The smallest absolute Gasteiger partial charge is 0.162 e. The molecule has 1 aromatic carbocycles. The van der Waals surface area contributed by atoms with E-state index in [1.54, 1.807) is 0 Å². The molecule has 0 N–H and O–H groups in total. The highest BCUT2D eigenvalue weighted by atomic mass is 19.2. The van der Waals surface area contributed by atoms with Gasteiger partial charge in [-0.05, 0) is 68.3 Å². The van der Waals surface area contributed by atoms with Crippen molar-refractivity contribution in [2.24, 2.45) is 5.92 Å². The monoisotopic (exact) mass is 263 g/mol. The van der Waals surface area contributed by atoms with E-state index in [9.17, 15) is 8.78 Å². The molecule has 3 unspecified atom stereocenters. The average molecular weight is 263 g/mol. The van der Waals surface area contributed by atoms with Gasteiger partial charge in [0.05, 0.1) is 0 Å². The van der Waals surface area contributed by atoms with Gasteiger partial charge in [0.15, 0.2) is 11.6 Å². The minimum atomic E-state index is -0.680. The second kappa shape index (κ2) is 4.27. The fraction of sp³-hybridized carbons (Fsp3) is 0.625. The molecule has 3 heteroatoms. The summed E-state index contributed by atoms with van der Waals surface area (Å²) in [4.78, 5) is 2.60. The summed E-state index contributed by atoms with van der Waals surface area (Å²) in [6.07, 6.45) is 5.44. The van der Waals surface area contributed by atoms with Gasteiger partial charge in [-0.15, -0.1) is 0 Å². The van der Waals surface area contributed by atoms with Gasteiger partial charge in [0.2, 0.25) is 0 Å². The Morgan fingerprint density at radius 3 is 2.68 bits per heavy atom. The van der Waals surface area contributed by atoms with Gasteiger partial charge in [0, 0.05) is 12.0 Å². The van der Waals surface area contributed by atoms with Gasteiger partial charge in [-0.25, -0.2) is 8.78 Å². The number of rotatable bonds is 0. The van der Waals surface area contributed by atoms with Crippen LogP contribution in [0.1, 0.15) is 42.7 Å². The van der Waals surface area contributed by atoms with E-state index >= 15 is 0 Å². The summed E-state index contributed by atoms with van der Waals surface area (Å²) in [5.74, 6) is -0.305. The highest BCUT2D eigenvalue weighted by molar-refractivity contribution is 5.38. The highest BCUT2D eigenvalue weighted by Crippen LogP contribution is 2.47. The number of halogens is 2. The standard InChI is InChI=1S/C16H19F2N/c17-14-6-5-11-12-4-2-8-19-7-1-3-10(16(12)19)9-13(11)15(14)18/h5-6,10,12,16H,1-4,7-9H2. The van der Waals surface area contributed by atoms with Crippen LogP contribution < -0.4 is 0 Å². The number of hydrogen-bond acceptors (Lipinski definition) is 1. The zero-order chi connectivity index (χ0) is 13.0. The molecule has 0 amide bonds. The summed E-state index contributed by atoms with van der Waals surface area (Å²) in [6, 6.07) is 3.74. The zero-order valence-electron chi connectivity index (χ0n) is 11.0. The lowest BCUT2D eigenvalue weighted by Crippen LogP contribution is -2.54. The second-order valence-corrected chi connectivity index (χ2v) is 6.31. The van der Waals surface area contributed by atoms with Crippen LogP contribution in [0.15, 0.2) is 12.1 Å². The molecule has 4 rings (SSSR count). The van der Waals surface area contributed by atoms with Crippen molar-refractivity contribution in [2.75, 3.05) is 13.1 Å². The van der Waals surface area contributed by atoms with Gasteiger partial charge in [-0.2, -0.15) is 0 Å². The molecule has 2 aliphatic heterocycles. The lowest BCUT2D eigenvalue weighted by atomic mass is 9.66. The SMILES string of the molecule is Fc1ccc2c(c1F)CC1CCCN3CCCC2C13. The van der Waals surface area contributed by atoms with E-state index < -0.39 is 11.6 Å². The van der Waals surface area contributed by atoms with Gasteiger partial charge >= 0.3 is 0 Å². The van der Waals surface area contributed by atoms with E-state index in [1.807, 2.05) is 6.07 Å². The minimum absolute atomic E-state index is 0.429. The molecule has 0 aromatic heterocycles. The zero-order valence-corrected chi connectivity index (χ0v) is 11.0. The Hall–Kier alpha value is -0.960. The number of benzene rings is 1. The van der Waals surface area contributed by atoms with Crippen molar-refractivity contribution in [3.8, 4) is 0 Å². The van der Waals surface area contributed by atoms with Crippen molar-refractivity contribution in [3.05, 3.63) is 34.9 Å². The quantitative estimate of drug-likeness (QED) is 0.692. The summed E-state index contributed by atoms with van der Waals surface area (Å²) in [6.45, 7) is 2.38. The van der Waals surface area contributed by atoms with Gasteiger partial charge < -0.3 is 0 Å². The van der Waals surface area contributed by atoms with Crippen LogP contribution in [0.4, 0.5) is 8.78 Å². The molecule has 0 saturated carbocycles. The van der Waals surface area contributed by atoms with Crippen molar-refractivity contribution in [3.63, 3.8) is 0 Å². The molecule has 3 aliphatic rings. The fourth-order valence-electron chi connectivity index (χ4n) is 4.69. The molecule has 2 fully saturated rings. The Balaban J connectivity index is 1.83. The van der Waals surface area contributed by atoms with Gasteiger partial charge in [0.25, 0.3) is 0 Å². The average Bonchev–Trinajstić information content (AvgIpc) is 2.44. The normalized spacial score (nSPS) is 33.7. The van der Waals surface area contributed by atoms with Crippen LogP contribution in [0.2, 0.25) is 0 Å².